The summed E-state index contributed by atoms with van der Waals surface area (Å²) in [4.78, 5) is 15.2. The molecule has 0 saturated carbocycles. The van der Waals surface area contributed by atoms with Gasteiger partial charge in [-0.25, -0.2) is 4.79 Å². The first-order valence-corrected chi connectivity index (χ1v) is 8.82. The molecule has 1 aliphatic heterocycles. The lowest BCUT2D eigenvalue weighted by molar-refractivity contribution is -0.0290. The summed E-state index contributed by atoms with van der Waals surface area (Å²) >= 11 is 7.33. The number of thiophene rings is 1. The average Bonchev–Trinajstić information content (AvgIpc) is 2.88. The highest BCUT2D eigenvalue weighted by molar-refractivity contribution is 7.16. The van der Waals surface area contributed by atoms with Crippen LogP contribution in [0.15, 0.2) is 12.1 Å². The smallest absolute Gasteiger partial charge is 0.315 e. The minimum Gasteiger partial charge on any atom is -0.374 e. The number of urea groups is 1. The Morgan fingerprint density at radius 3 is 3.00 bits per heavy atom. The zero-order valence-corrected chi connectivity index (χ0v) is 14.7. The van der Waals surface area contributed by atoms with Crippen LogP contribution in [-0.4, -0.2) is 49.8 Å². The monoisotopic (exact) mass is 345 g/mol. The van der Waals surface area contributed by atoms with E-state index in [0.29, 0.717) is 19.0 Å². The van der Waals surface area contributed by atoms with Gasteiger partial charge in [0, 0.05) is 31.1 Å². The molecule has 22 heavy (non-hydrogen) atoms. The van der Waals surface area contributed by atoms with Crippen molar-refractivity contribution < 1.29 is 9.53 Å². The number of ether oxygens (including phenoxy) is 1. The second kappa shape index (κ2) is 8.72. The van der Waals surface area contributed by atoms with E-state index in [2.05, 4.69) is 29.4 Å². The van der Waals surface area contributed by atoms with Crippen molar-refractivity contribution in [2.75, 3.05) is 32.8 Å². The number of nitrogens with one attached hydrogen (secondary N) is 2. The van der Waals surface area contributed by atoms with Gasteiger partial charge >= 0.3 is 6.03 Å². The summed E-state index contributed by atoms with van der Waals surface area (Å²) < 4.78 is 6.44. The molecule has 0 aromatic carbocycles. The molecule has 0 radical (unpaired) electrons. The fourth-order valence-corrected chi connectivity index (χ4v) is 3.50. The van der Waals surface area contributed by atoms with E-state index in [1.807, 2.05) is 12.1 Å². The van der Waals surface area contributed by atoms with Gasteiger partial charge in [-0.05, 0) is 18.1 Å². The fraction of sp³-hybridized carbons (Fsp3) is 0.667. The van der Waals surface area contributed by atoms with Gasteiger partial charge in [0.15, 0.2) is 0 Å². The van der Waals surface area contributed by atoms with Gasteiger partial charge in [0.1, 0.15) is 0 Å². The Morgan fingerprint density at radius 1 is 1.50 bits per heavy atom. The number of morpholine rings is 1. The maximum Gasteiger partial charge on any atom is 0.315 e. The Labute approximate surface area is 141 Å². The zero-order chi connectivity index (χ0) is 15.9. The maximum atomic E-state index is 11.8. The molecule has 1 aromatic rings. The van der Waals surface area contributed by atoms with Crippen molar-refractivity contribution >= 4 is 29.0 Å². The molecule has 1 aromatic heterocycles. The molecule has 0 unspecified atom stereocenters. The van der Waals surface area contributed by atoms with Crippen LogP contribution in [0.5, 0.6) is 0 Å². The summed E-state index contributed by atoms with van der Waals surface area (Å²) in [5.41, 5.74) is 0. The van der Waals surface area contributed by atoms with Crippen molar-refractivity contribution in [3.8, 4) is 0 Å². The molecule has 7 heteroatoms. The second-order valence-electron chi connectivity index (χ2n) is 5.92. The quantitative estimate of drug-likeness (QED) is 0.833. The molecule has 2 rings (SSSR count). The summed E-state index contributed by atoms with van der Waals surface area (Å²) in [6.07, 6.45) is 0.0643. The van der Waals surface area contributed by atoms with E-state index in [9.17, 15) is 4.79 Å². The molecule has 1 aliphatic rings. The van der Waals surface area contributed by atoms with Gasteiger partial charge in [-0.15, -0.1) is 11.3 Å². The lowest BCUT2D eigenvalue weighted by Crippen LogP contribution is -2.49. The lowest BCUT2D eigenvalue weighted by atomic mass is 10.2. The number of halogens is 1. The second-order valence-corrected chi connectivity index (χ2v) is 7.72. The highest BCUT2D eigenvalue weighted by atomic mass is 35.5. The standard InChI is InChI=1S/C15H24ClN3O2S/c1-11(2)9-19-5-6-21-12(10-19)7-17-15(20)18-8-13-3-4-14(16)22-13/h3-4,11-12H,5-10H2,1-2H3,(H2,17,18,20)/t12-/m1/s1. The third-order valence-electron chi connectivity index (χ3n) is 3.39. The van der Waals surface area contributed by atoms with E-state index in [-0.39, 0.29) is 12.1 Å². The Hall–Kier alpha value is -0.820. The number of amides is 2. The summed E-state index contributed by atoms with van der Waals surface area (Å²) in [6, 6.07) is 3.58. The van der Waals surface area contributed by atoms with Crippen molar-refractivity contribution in [2.45, 2.75) is 26.5 Å². The first-order chi connectivity index (χ1) is 10.5. The normalized spacial score (nSPS) is 19.4. The van der Waals surface area contributed by atoms with Gasteiger partial charge in [0.2, 0.25) is 0 Å². The number of carbonyl (C=O) groups is 1. The first-order valence-electron chi connectivity index (χ1n) is 7.63. The molecule has 1 saturated heterocycles. The van der Waals surface area contributed by atoms with Crippen LogP contribution in [0.4, 0.5) is 4.79 Å². The van der Waals surface area contributed by atoms with Gasteiger partial charge in [-0.3, -0.25) is 4.90 Å². The van der Waals surface area contributed by atoms with E-state index in [1.165, 1.54) is 11.3 Å². The molecule has 2 heterocycles. The molecule has 0 aliphatic carbocycles. The van der Waals surface area contributed by atoms with E-state index in [1.54, 1.807) is 0 Å². The fourth-order valence-electron chi connectivity index (χ4n) is 2.47. The highest BCUT2D eigenvalue weighted by Gasteiger charge is 2.21. The van der Waals surface area contributed by atoms with Crippen LogP contribution in [0.2, 0.25) is 4.34 Å². The Balaban J connectivity index is 1.65. The molecule has 1 fully saturated rings. The summed E-state index contributed by atoms with van der Waals surface area (Å²) in [7, 11) is 0. The Morgan fingerprint density at radius 2 is 2.32 bits per heavy atom. The van der Waals surface area contributed by atoms with Crippen LogP contribution in [0.3, 0.4) is 0 Å². The molecule has 1 atom stereocenters. The zero-order valence-electron chi connectivity index (χ0n) is 13.1. The molecule has 2 N–H and O–H groups in total. The molecule has 0 spiro atoms. The largest absolute Gasteiger partial charge is 0.374 e. The van der Waals surface area contributed by atoms with Crippen molar-refractivity contribution in [1.29, 1.82) is 0 Å². The van der Waals surface area contributed by atoms with Crippen LogP contribution in [0, 0.1) is 5.92 Å². The Kier molecular flexibility index (Phi) is 6.95. The van der Waals surface area contributed by atoms with Crippen LogP contribution < -0.4 is 10.6 Å². The van der Waals surface area contributed by atoms with Crippen molar-refractivity contribution in [1.82, 2.24) is 15.5 Å². The van der Waals surface area contributed by atoms with Crippen LogP contribution in [0.1, 0.15) is 18.7 Å². The van der Waals surface area contributed by atoms with E-state index < -0.39 is 0 Å². The lowest BCUT2D eigenvalue weighted by Gasteiger charge is -2.33. The SMILES string of the molecule is CC(C)CN1CCO[C@H](CNC(=O)NCc2ccc(Cl)s2)C1. The number of hydrogen-bond acceptors (Lipinski definition) is 4. The van der Waals surface area contributed by atoms with Crippen LogP contribution >= 0.6 is 22.9 Å². The minimum absolute atomic E-state index is 0.0643. The van der Waals surface area contributed by atoms with E-state index in [0.717, 1.165) is 35.5 Å². The topological polar surface area (TPSA) is 53.6 Å². The number of hydrogen-bond donors (Lipinski definition) is 2. The van der Waals surface area contributed by atoms with Crippen LogP contribution in [-0.2, 0) is 11.3 Å². The van der Waals surface area contributed by atoms with E-state index >= 15 is 0 Å². The average molecular weight is 346 g/mol. The molecule has 124 valence electrons. The Bertz CT molecular complexity index is 481. The van der Waals surface area contributed by atoms with Crippen molar-refractivity contribution in [3.05, 3.63) is 21.3 Å². The molecular formula is C15H24ClN3O2S. The predicted molar refractivity (Wildman–Crippen MR) is 90.6 cm³/mol. The van der Waals surface area contributed by atoms with Gasteiger partial charge in [-0.1, -0.05) is 25.4 Å². The summed E-state index contributed by atoms with van der Waals surface area (Å²) in [6.45, 7) is 9.11. The van der Waals surface area contributed by atoms with Crippen molar-refractivity contribution in [2.24, 2.45) is 5.92 Å². The first kappa shape index (κ1) is 17.5. The number of rotatable bonds is 6. The number of nitrogens with zero attached hydrogens (tertiary/aromatic N) is 1. The van der Waals surface area contributed by atoms with Gasteiger partial charge in [-0.2, -0.15) is 0 Å². The van der Waals surface area contributed by atoms with Gasteiger partial charge < -0.3 is 15.4 Å². The predicted octanol–water partition coefficient (Wildman–Crippen LogP) is 2.56. The third kappa shape index (κ3) is 6.12. The molecule has 2 amide bonds. The maximum absolute atomic E-state index is 11.8. The molecule has 5 nitrogen and oxygen atoms in total. The van der Waals surface area contributed by atoms with Gasteiger partial charge in [0.25, 0.3) is 0 Å². The third-order valence-corrected chi connectivity index (χ3v) is 4.62. The van der Waals surface area contributed by atoms with Gasteiger partial charge in [0.05, 0.1) is 23.6 Å². The van der Waals surface area contributed by atoms with E-state index in [4.69, 9.17) is 16.3 Å². The number of carbonyl (C=O) groups excluding carboxylic acids is 1. The van der Waals surface area contributed by atoms with Crippen LogP contribution in [0.25, 0.3) is 0 Å². The molecular weight excluding hydrogens is 322 g/mol. The summed E-state index contributed by atoms with van der Waals surface area (Å²) in [5, 5.41) is 5.70. The minimum atomic E-state index is -0.172. The highest BCUT2D eigenvalue weighted by Crippen LogP contribution is 2.20. The molecule has 0 bridgehead atoms. The van der Waals surface area contributed by atoms with Crippen molar-refractivity contribution in [3.63, 3.8) is 0 Å². The summed E-state index contributed by atoms with van der Waals surface area (Å²) in [5.74, 6) is 0.646.